The van der Waals surface area contributed by atoms with E-state index in [4.69, 9.17) is 9.57 Å². The Morgan fingerprint density at radius 2 is 1.88 bits per heavy atom. The molecular formula is C21H26N2O3. The lowest BCUT2D eigenvalue weighted by Gasteiger charge is -2.25. The standard InChI is InChI=1S/C21H26N2O3/c1-21(2,26-23-17-24)13-10-19(9-8-18-11-14-22-15-12-18)16-25-20-6-4-3-5-7-20/h3-9,11-12,14-15,17,19H,10,13,16H2,1-2H3,(H,23,24)/b9-8+. The first-order valence-corrected chi connectivity index (χ1v) is 8.72. The summed E-state index contributed by atoms with van der Waals surface area (Å²) in [5.41, 5.74) is 2.94. The van der Waals surface area contributed by atoms with Gasteiger partial charge in [-0.3, -0.25) is 14.6 Å². The molecule has 1 aromatic heterocycles. The number of ether oxygens (including phenoxy) is 1. The number of carbonyl (C=O) groups excluding carboxylic acids is 1. The highest BCUT2D eigenvalue weighted by molar-refractivity contribution is 5.48. The van der Waals surface area contributed by atoms with Gasteiger partial charge in [0.2, 0.25) is 6.41 Å². The van der Waals surface area contributed by atoms with E-state index < -0.39 is 5.60 Å². The first kappa shape index (κ1) is 19.7. The quantitative estimate of drug-likeness (QED) is 0.489. The number of amides is 1. The molecule has 0 saturated heterocycles. The summed E-state index contributed by atoms with van der Waals surface area (Å²) >= 11 is 0. The third kappa shape index (κ3) is 7.49. The lowest BCUT2D eigenvalue weighted by molar-refractivity contribution is -0.136. The van der Waals surface area contributed by atoms with Crippen LogP contribution in [0.5, 0.6) is 5.75 Å². The third-order valence-electron chi connectivity index (χ3n) is 3.97. The molecule has 1 aromatic carbocycles. The number of aromatic nitrogens is 1. The molecule has 2 rings (SSSR count). The zero-order valence-electron chi connectivity index (χ0n) is 15.3. The van der Waals surface area contributed by atoms with Crippen LogP contribution in [0.25, 0.3) is 6.08 Å². The molecule has 1 amide bonds. The Kier molecular flexibility index (Phi) is 7.83. The summed E-state index contributed by atoms with van der Waals surface area (Å²) < 4.78 is 5.93. The second-order valence-corrected chi connectivity index (χ2v) is 6.66. The van der Waals surface area contributed by atoms with Gasteiger partial charge in [0.1, 0.15) is 5.75 Å². The van der Waals surface area contributed by atoms with Crippen LogP contribution in [0.1, 0.15) is 32.3 Å². The van der Waals surface area contributed by atoms with Crippen LogP contribution in [0.4, 0.5) is 0 Å². The zero-order chi connectivity index (χ0) is 18.7. The molecular weight excluding hydrogens is 328 g/mol. The van der Waals surface area contributed by atoms with Crippen LogP contribution in [-0.4, -0.2) is 23.6 Å². The molecule has 0 radical (unpaired) electrons. The third-order valence-corrected chi connectivity index (χ3v) is 3.97. The van der Waals surface area contributed by atoms with E-state index in [1.165, 1.54) is 0 Å². The number of hydrogen-bond acceptors (Lipinski definition) is 4. The minimum atomic E-state index is -0.448. The second-order valence-electron chi connectivity index (χ2n) is 6.66. The molecule has 5 heteroatoms. The van der Waals surface area contributed by atoms with E-state index in [-0.39, 0.29) is 5.92 Å². The van der Waals surface area contributed by atoms with Crippen molar-refractivity contribution in [3.05, 3.63) is 66.5 Å². The van der Waals surface area contributed by atoms with Gasteiger partial charge in [0, 0.05) is 18.3 Å². The van der Waals surface area contributed by atoms with Gasteiger partial charge in [0.05, 0.1) is 12.2 Å². The van der Waals surface area contributed by atoms with E-state index in [1.54, 1.807) is 12.4 Å². The maximum atomic E-state index is 10.4. The summed E-state index contributed by atoms with van der Waals surface area (Å²) in [5.74, 6) is 1.07. The van der Waals surface area contributed by atoms with Crippen molar-refractivity contribution in [3.8, 4) is 5.75 Å². The summed E-state index contributed by atoms with van der Waals surface area (Å²) in [5, 5.41) is 0. The van der Waals surface area contributed by atoms with E-state index in [0.29, 0.717) is 13.0 Å². The fraction of sp³-hybridized carbons (Fsp3) is 0.333. The van der Waals surface area contributed by atoms with Gasteiger partial charge in [-0.1, -0.05) is 30.4 Å². The minimum Gasteiger partial charge on any atom is -0.493 e. The lowest BCUT2D eigenvalue weighted by Crippen LogP contribution is -2.32. The molecule has 0 bridgehead atoms. The van der Waals surface area contributed by atoms with Gasteiger partial charge >= 0.3 is 0 Å². The number of rotatable bonds is 11. The van der Waals surface area contributed by atoms with Crippen LogP contribution in [-0.2, 0) is 9.63 Å². The van der Waals surface area contributed by atoms with E-state index >= 15 is 0 Å². The van der Waals surface area contributed by atoms with Gasteiger partial charge in [-0.25, -0.2) is 5.48 Å². The van der Waals surface area contributed by atoms with Crippen LogP contribution >= 0.6 is 0 Å². The number of benzene rings is 1. The Morgan fingerprint density at radius 1 is 1.15 bits per heavy atom. The van der Waals surface area contributed by atoms with Crippen molar-refractivity contribution in [3.63, 3.8) is 0 Å². The van der Waals surface area contributed by atoms with Gasteiger partial charge in [-0.2, -0.15) is 0 Å². The SMILES string of the molecule is CC(C)(CCC(/C=C/c1ccncc1)COc1ccccc1)ONC=O. The maximum absolute atomic E-state index is 10.4. The summed E-state index contributed by atoms with van der Waals surface area (Å²) in [6, 6.07) is 13.7. The molecule has 138 valence electrons. The van der Waals surface area contributed by atoms with Gasteiger partial charge in [0.25, 0.3) is 0 Å². The summed E-state index contributed by atoms with van der Waals surface area (Å²) in [6.45, 7) is 4.47. The summed E-state index contributed by atoms with van der Waals surface area (Å²) in [6.07, 6.45) is 9.97. The number of nitrogens with one attached hydrogen (secondary N) is 1. The Labute approximate surface area is 155 Å². The average molecular weight is 354 g/mol. The van der Waals surface area contributed by atoms with Gasteiger partial charge in [0.15, 0.2) is 0 Å². The molecule has 2 aromatic rings. The minimum absolute atomic E-state index is 0.211. The molecule has 5 nitrogen and oxygen atoms in total. The van der Waals surface area contributed by atoms with Crippen molar-refractivity contribution >= 4 is 12.5 Å². The lowest BCUT2D eigenvalue weighted by atomic mass is 9.94. The van der Waals surface area contributed by atoms with Gasteiger partial charge in [-0.05, 0) is 56.5 Å². The van der Waals surface area contributed by atoms with Crippen molar-refractivity contribution in [2.75, 3.05) is 6.61 Å². The number of nitrogens with zero attached hydrogens (tertiary/aromatic N) is 1. The fourth-order valence-corrected chi connectivity index (χ4v) is 2.44. The van der Waals surface area contributed by atoms with Crippen LogP contribution in [0, 0.1) is 5.92 Å². The van der Waals surface area contributed by atoms with Crippen molar-refractivity contribution < 1.29 is 14.4 Å². The highest BCUT2D eigenvalue weighted by Gasteiger charge is 2.21. The molecule has 0 aliphatic carbocycles. The number of pyridine rings is 1. The number of hydrogen-bond donors (Lipinski definition) is 1. The predicted molar refractivity (Wildman–Crippen MR) is 102 cm³/mol. The monoisotopic (exact) mass is 354 g/mol. The number of hydroxylamine groups is 1. The van der Waals surface area contributed by atoms with E-state index in [9.17, 15) is 4.79 Å². The Bertz CT molecular complexity index is 672. The molecule has 0 aliphatic rings. The molecule has 0 fully saturated rings. The predicted octanol–water partition coefficient (Wildman–Crippen LogP) is 4.03. The Hall–Kier alpha value is -2.66. The molecule has 0 saturated carbocycles. The smallest absolute Gasteiger partial charge is 0.230 e. The highest BCUT2D eigenvalue weighted by atomic mass is 16.7. The van der Waals surface area contributed by atoms with Crippen molar-refractivity contribution in [2.24, 2.45) is 5.92 Å². The van der Waals surface area contributed by atoms with E-state index in [1.807, 2.05) is 56.3 Å². The highest BCUT2D eigenvalue weighted by Crippen LogP contribution is 2.22. The Balaban J connectivity index is 1.97. The van der Waals surface area contributed by atoms with Crippen molar-refractivity contribution in [1.29, 1.82) is 0 Å². The van der Waals surface area contributed by atoms with Gasteiger partial charge in [-0.15, -0.1) is 0 Å². The average Bonchev–Trinajstić information content (AvgIpc) is 2.67. The van der Waals surface area contributed by atoms with Crippen molar-refractivity contribution in [2.45, 2.75) is 32.3 Å². The largest absolute Gasteiger partial charge is 0.493 e. The van der Waals surface area contributed by atoms with Gasteiger partial charge < -0.3 is 4.74 Å². The first-order valence-electron chi connectivity index (χ1n) is 8.72. The topological polar surface area (TPSA) is 60.5 Å². The molecule has 1 atom stereocenters. The van der Waals surface area contributed by atoms with E-state index in [2.05, 4.69) is 22.6 Å². The number of para-hydroxylation sites is 1. The fourth-order valence-electron chi connectivity index (χ4n) is 2.44. The van der Waals surface area contributed by atoms with Crippen LogP contribution in [0.3, 0.4) is 0 Å². The zero-order valence-corrected chi connectivity index (χ0v) is 15.3. The molecule has 0 spiro atoms. The molecule has 26 heavy (non-hydrogen) atoms. The molecule has 1 heterocycles. The molecule has 1 N–H and O–H groups in total. The summed E-state index contributed by atoms with van der Waals surface area (Å²) in [4.78, 5) is 19.8. The van der Waals surface area contributed by atoms with Crippen molar-refractivity contribution in [1.82, 2.24) is 10.5 Å². The second kappa shape index (κ2) is 10.4. The van der Waals surface area contributed by atoms with Crippen LogP contribution in [0.15, 0.2) is 60.9 Å². The summed E-state index contributed by atoms with van der Waals surface area (Å²) in [7, 11) is 0. The normalized spacial score (nSPS) is 12.7. The first-order chi connectivity index (χ1) is 12.6. The van der Waals surface area contributed by atoms with Crippen LogP contribution in [0.2, 0.25) is 0 Å². The molecule has 0 aliphatic heterocycles. The Morgan fingerprint density at radius 3 is 2.58 bits per heavy atom. The number of carbonyl (C=O) groups is 1. The van der Waals surface area contributed by atoms with E-state index in [0.717, 1.165) is 24.2 Å². The van der Waals surface area contributed by atoms with Crippen LogP contribution < -0.4 is 10.2 Å². The maximum Gasteiger partial charge on any atom is 0.230 e. The molecule has 1 unspecified atom stereocenters.